The van der Waals surface area contributed by atoms with Gasteiger partial charge in [0.2, 0.25) is 0 Å². The van der Waals surface area contributed by atoms with Gasteiger partial charge in [0.15, 0.2) is 0 Å². The van der Waals surface area contributed by atoms with Crippen LogP contribution in [-0.4, -0.2) is 19.2 Å². The number of halogens is 1. The van der Waals surface area contributed by atoms with Crippen molar-refractivity contribution in [3.05, 3.63) is 11.6 Å². The molecule has 0 aromatic heterocycles. The van der Waals surface area contributed by atoms with Crippen LogP contribution >= 0.6 is 11.6 Å². The first-order valence-electron chi connectivity index (χ1n) is 6.28. The largest absolute Gasteiger partial charge is 0.461 e. The minimum absolute atomic E-state index is 0.0528. The first-order valence-corrected chi connectivity index (χ1v) is 6.66. The van der Waals surface area contributed by atoms with Gasteiger partial charge in [0, 0.05) is 0 Å². The lowest BCUT2D eigenvalue weighted by molar-refractivity contribution is -0.138. The molecule has 99 valence electrons. The first kappa shape index (κ1) is 16.5. The minimum Gasteiger partial charge on any atom is -0.461 e. The highest BCUT2D eigenvalue weighted by Crippen LogP contribution is 2.09. The maximum absolute atomic E-state index is 10.9. The summed E-state index contributed by atoms with van der Waals surface area (Å²) in [4.78, 5) is 10.9. The molecule has 1 radical (unpaired) electrons. The van der Waals surface area contributed by atoms with Crippen molar-refractivity contribution in [1.82, 2.24) is 0 Å². The molecule has 0 saturated carbocycles. The van der Waals surface area contributed by atoms with Gasteiger partial charge in [0.05, 0.1) is 13.2 Å². The lowest BCUT2D eigenvalue weighted by Gasteiger charge is -2.03. The molecule has 0 unspecified atom stereocenters. The summed E-state index contributed by atoms with van der Waals surface area (Å²) in [5.41, 5.74) is 0. The van der Waals surface area contributed by atoms with Crippen LogP contribution in [0.3, 0.4) is 0 Å². The van der Waals surface area contributed by atoms with Gasteiger partial charge in [-0.15, -0.1) is 0 Å². The SMILES string of the molecule is C=C(Cl)C(=O)OCCCCCCCCCC[O]. The number of hydrogen-bond acceptors (Lipinski definition) is 2. The zero-order chi connectivity index (χ0) is 12.9. The molecule has 3 nitrogen and oxygen atoms in total. The Kier molecular flexibility index (Phi) is 11.6. The van der Waals surface area contributed by atoms with E-state index < -0.39 is 5.97 Å². The third-order valence-electron chi connectivity index (χ3n) is 2.49. The van der Waals surface area contributed by atoms with Crippen LogP contribution < -0.4 is 0 Å². The van der Waals surface area contributed by atoms with E-state index in [9.17, 15) is 9.90 Å². The average molecular weight is 262 g/mol. The van der Waals surface area contributed by atoms with Crippen LogP contribution in [0.25, 0.3) is 0 Å². The zero-order valence-corrected chi connectivity index (χ0v) is 11.1. The smallest absolute Gasteiger partial charge is 0.349 e. The predicted molar refractivity (Wildman–Crippen MR) is 68.4 cm³/mol. The van der Waals surface area contributed by atoms with Gasteiger partial charge in [-0.2, -0.15) is 0 Å². The van der Waals surface area contributed by atoms with Gasteiger partial charge in [-0.3, -0.25) is 0 Å². The summed E-state index contributed by atoms with van der Waals surface area (Å²) in [5, 5.41) is 10.1. The second-order valence-corrected chi connectivity index (χ2v) is 4.53. The lowest BCUT2D eigenvalue weighted by atomic mass is 10.1. The van der Waals surface area contributed by atoms with Gasteiger partial charge in [-0.05, 0) is 12.8 Å². The van der Waals surface area contributed by atoms with Crippen LogP contribution in [-0.2, 0) is 14.6 Å². The second kappa shape index (κ2) is 11.9. The maximum Gasteiger partial charge on any atom is 0.349 e. The van der Waals surface area contributed by atoms with Gasteiger partial charge >= 0.3 is 5.97 Å². The van der Waals surface area contributed by atoms with Crippen molar-refractivity contribution in [3.8, 4) is 0 Å². The van der Waals surface area contributed by atoms with Crippen molar-refractivity contribution in [3.63, 3.8) is 0 Å². The van der Waals surface area contributed by atoms with Crippen molar-refractivity contribution in [2.45, 2.75) is 51.4 Å². The quantitative estimate of drug-likeness (QED) is 0.322. The molecule has 0 aromatic rings. The molecule has 0 heterocycles. The summed E-state index contributed by atoms with van der Waals surface area (Å²) in [6.07, 6.45) is 8.48. The Hall–Kier alpha value is -0.540. The van der Waals surface area contributed by atoms with Gasteiger partial charge in [-0.1, -0.05) is 56.7 Å². The molecule has 0 bridgehead atoms. The lowest BCUT2D eigenvalue weighted by Crippen LogP contribution is -2.04. The van der Waals surface area contributed by atoms with E-state index in [0.29, 0.717) is 6.61 Å². The minimum atomic E-state index is -0.524. The van der Waals surface area contributed by atoms with E-state index in [1.807, 2.05) is 0 Å². The van der Waals surface area contributed by atoms with Crippen LogP contribution in [0.1, 0.15) is 51.4 Å². The number of esters is 1. The van der Waals surface area contributed by atoms with Crippen LogP contribution in [0.5, 0.6) is 0 Å². The summed E-state index contributed by atoms with van der Waals surface area (Å²) in [7, 11) is 0. The molecule has 0 aliphatic rings. The number of unbranched alkanes of at least 4 members (excludes halogenated alkanes) is 7. The zero-order valence-electron chi connectivity index (χ0n) is 10.4. The highest BCUT2D eigenvalue weighted by Gasteiger charge is 2.03. The van der Waals surface area contributed by atoms with Crippen molar-refractivity contribution in [2.75, 3.05) is 13.2 Å². The van der Waals surface area contributed by atoms with E-state index in [1.54, 1.807) is 0 Å². The summed E-state index contributed by atoms with van der Waals surface area (Å²) < 4.78 is 4.86. The number of hydrogen-bond donors (Lipinski definition) is 0. The molecule has 0 fully saturated rings. The highest BCUT2D eigenvalue weighted by atomic mass is 35.5. The molecule has 0 aromatic carbocycles. The number of rotatable bonds is 11. The Morgan fingerprint density at radius 1 is 0.941 bits per heavy atom. The van der Waals surface area contributed by atoms with Crippen molar-refractivity contribution in [2.24, 2.45) is 0 Å². The van der Waals surface area contributed by atoms with Crippen LogP contribution in [0.2, 0.25) is 0 Å². The molecule has 0 spiro atoms. The van der Waals surface area contributed by atoms with E-state index in [1.165, 1.54) is 12.8 Å². The highest BCUT2D eigenvalue weighted by molar-refractivity contribution is 6.40. The van der Waals surface area contributed by atoms with Gasteiger partial charge in [0.25, 0.3) is 0 Å². The fourth-order valence-electron chi connectivity index (χ4n) is 1.51. The average Bonchev–Trinajstić information content (AvgIpc) is 2.31. The van der Waals surface area contributed by atoms with Crippen LogP contribution in [0, 0.1) is 0 Å². The van der Waals surface area contributed by atoms with Crippen molar-refractivity contribution in [1.29, 1.82) is 0 Å². The Balaban J connectivity index is 3.08. The monoisotopic (exact) mass is 261 g/mol. The van der Waals surface area contributed by atoms with Gasteiger partial charge in [0.1, 0.15) is 5.03 Å². The topological polar surface area (TPSA) is 46.2 Å². The fourth-order valence-corrected chi connectivity index (χ4v) is 1.56. The molecule has 0 aliphatic heterocycles. The number of carbonyl (C=O) groups excluding carboxylic acids is 1. The number of carbonyl (C=O) groups is 1. The second-order valence-electron chi connectivity index (χ2n) is 4.07. The van der Waals surface area contributed by atoms with E-state index >= 15 is 0 Å². The molecule has 0 N–H and O–H groups in total. The van der Waals surface area contributed by atoms with Gasteiger partial charge < -0.3 is 4.74 Å². The molecule has 0 atom stereocenters. The van der Waals surface area contributed by atoms with E-state index in [4.69, 9.17) is 16.3 Å². The summed E-state index contributed by atoms with van der Waals surface area (Å²) in [6, 6.07) is 0. The van der Waals surface area contributed by atoms with Crippen LogP contribution in [0.4, 0.5) is 0 Å². The Morgan fingerprint density at radius 3 is 1.88 bits per heavy atom. The standard InChI is InChI=1S/C13H22ClO3/c1-12(14)13(16)17-11-9-7-5-3-2-4-6-8-10-15/h1-11H2. The Bertz CT molecular complexity index is 217. The first-order chi connectivity index (χ1) is 8.18. The Morgan fingerprint density at radius 2 is 1.41 bits per heavy atom. The summed E-state index contributed by atoms with van der Waals surface area (Å²) in [6.45, 7) is 3.76. The Labute approximate surface area is 109 Å². The molecule has 0 rings (SSSR count). The summed E-state index contributed by atoms with van der Waals surface area (Å²) >= 11 is 5.36. The maximum atomic E-state index is 10.9. The van der Waals surface area contributed by atoms with Gasteiger partial charge in [-0.25, -0.2) is 9.90 Å². The molecule has 0 amide bonds. The van der Waals surface area contributed by atoms with E-state index in [-0.39, 0.29) is 11.6 Å². The van der Waals surface area contributed by atoms with Crippen molar-refractivity contribution < 1.29 is 14.6 Å². The molecule has 17 heavy (non-hydrogen) atoms. The third kappa shape index (κ3) is 11.7. The molecule has 0 aliphatic carbocycles. The summed E-state index contributed by atoms with van der Waals surface area (Å²) in [5.74, 6) is -0.524. The van der Waals surface area contributed by atoms with E-state index in [2.05, 4.69) is 6.58 Å². The third-order valence-corrected chi connectivity index (χ3v) is 2.65. The fraction of sp³-hybridized carbons (Fsp3) is 0.769. The predicted octanol–water partition coefficient (Wildman–Crippen LogP) is 3.83. The van der Waals surface area contributed by atoms with Crippen molar-refractivity contribution >= 4 is 17.6 Å². The van der Waals surface area contributed by atoms with E-state index in [0.717, 1.165) is 38.5 Å². The molecular weight excluding hydrogens is 240 g/mol. The van der Waals surface area contributed by atoms with Crippen LogP contribution in [0.15, 0.2) is 11.6 Å². The molecular formula is C13H22ClO3. The number of ether oxygens (including phenoxy) is 1. The molecule has 4 heteroatoms. The molecule has 0 saturated heterocycles. The normalized spacial score (nSPS) is 10.2.